The van der Waals surface area contributed by atoms with Crippen LogP contribution in [0.1, 0.15) is 80.7 Å². The van der Waals surface area contributed by atoms with Gasteiger partial charge in [-0.2, -0.15) is 0 Å². The van der Waals surface area contributed by atoms with E-state index in [0.717, 1.165) is 6.42 Å². The van der Waals surface area contributed by atoms with E-state index < -0.39 is 42.1 Å². The molecule has 0 fully saturated rings. The lowest BCUT2D eigenvalue weighted by atomic mass is 9.98. The SMILES string of the molecule is CCCC(C)OC(=O)OC[C@H](C)OC(=O)[C@@H](N)Cc1ccc(OC(=O)C(C)C(C)C)c(OC(=O)C(C)C(C)C)c1. The van der Waals surface area contributed by atoms with Crippen molar-refractivity contribution in [2.75, 3.05) is 6.61 Å². The van der Waals surface area contributed by atoms with Crippen LogP contribution >= 0.6 is 0 Å². The zero-order valence-corrected chi connectivity index (χ0v) is 25.4. The van der Waals surface area contributed by atoms with Gasteiger partial charge in [0, 0.05) is 0 Å². The molecule has 1 rings (SSSR count). The van der Waals surface area contributed by atoms with E-state index in [4.69, 9.17) is 29.4 Å². The summed E-state index contributed by atoms with van der Waals surface area (Å²) in [5.41, 5.74) is 6.65. The second-order valence-corrected chi connectivity index (χ2v) is 11.0. The molecule has 1 aromatic carbocycles. The predicted octanol–water partition coefficient (Wildman–Crippen LogP) is 5.22. The maximum Gasteiger partial charge on any atom is 0.508 e. The van der Waals surface area contributed by atoms with Crippen molar-refractivity contribution in [2.24, 2.45) is 29.4 Å². The Morgan fingerprint density at radius 2 is 1.30 bits per heavy atom. The lowest BCUT2D eigenvalue weighted by molar-refractivity contribution is -0.152. The fourth-order valence-electron chi connectivity index (χ4n) is 3.30. The molecule has 10 nitrogen and oxygen atoms in total. The Bertz CT molecular complexity index is 991. The van der Waals surface area contributed by atoms with Gasteiger partial charge in [0.05, 0.1) is 11.8 Å². The number of benzene rings is 1. The van der Waals surface area contributed by atoms with Gasteiger partial charge in [0.25, 0.3) is 0 Å². The Morgan fingerprint density at radius 3 is 1.82 bits per heavy atom. The molecule has 0 aromatic heterocycles. The molecule has 3 unspecified atom stereocenters. The van der Waals surface area contributed by atoms with Gasteiger partial charge in [0.15, 0.2) is 11.5 Å². The van der Waals surface area contributed by atoms with E-state index in [-0.39, 0.29) is 48.4 Å². The van der Waals surface area contributed by atoms with Crippen LogP contribution < -0.4 is 15.2 Å². The fraction of sp³-hybridized carbons (Fsp3) is 0.667. The first-order valence-electron chi connectivity index (χ1n) is 14.0. The van der Waals surface area contributed by atoms with E-state index in [0.29, 0.717) is 12.0 Å². The van der Waals surface area contributed by atoms with E-state index in [2.05, 4.69) is 0 Å². The lowest BCUT2D eigenvalue weighted by Gasteiger charge is -2.20. The van der Waals surface area contributed by atoms with Crippen LogP contribution in [0.5, 0.6) is 11.5 Å². The highest BCUT2D eigenvalue weighted by Crippen LogP contribution is 2.31. The number of ether oxygens (including phenoxy) is 5. The monoisotopic (exact) mass is 565 g/mol. The maximum atomic E-state index is 12.7. The largest absolute Gasteiger partial charge is 0.508 e. The molecule has 0 heterocycles. The summed E-state index contributed by atoms with van der Waals surface area (Å²) in [6, 6.07) is 3.63. The number of hydrogen-bond acceptors (Lipinski definition) is 10. The summed E-state index contributed by atoms with van der Waals surface area (Å²) in [5.74, 6) is -2.10. The molecule has 10 heteroatoms. The number of nitrogens with two attached hydrogens (primary N) is 1. The zero-order chi connectivity index (χ0) is 30.6. The molecular weight excluding hydrogens is 518 g/mol. The molecule has 0 aliphatic heterocycles. The zero-order valence-electron chi connectivity index (χ0n) is 25.4. The molecular formula is C30H47NO9. The third-order valence-corrected chi connectivity index (χ3v) is 6.68. The van der Waals surface area contributed by atoms with Gasteiger partial charge in [-0.15, -0.1) is 0 Å². The molecule has 0 amide bonds. The minimum Gasteiger partial charge on any atom is -0.458 e. The molecule has 0 spiro atoms. The minimum absolute atomic E-state index is 0.0402. The Morgan fingerprint density at radius 1 is 0.750 bits per heavy atom. The maximum absolute atomic E-state index is 12.7. The third kappa shape index (κ3) is 11.9. The summed E-state index contributed by atoms with van der Waals surface area (Å²) in [6.07, 6.45) is -0.199. The molecule has 0 bridgehead atoms. The van der Waals surface area contributed by atoms with E-state index in [1.165, 1.54) is 12.1 Å². The number of carbonyl (C=O) groups excluding carboxylic acids is 4. The van der Waals surface area contributed by atoms with Crippen LogP contribution in [-0.2, 0) is 35.0 Å². The molecule has 5 atom stereocenters. The molecule has 1 aromatic rings. The van der Waals surface area contributed by atoms with E-state index in [1.807, 2.05) is 34.6 Å². The van der Waals surface area contributed by atoms with Crippen molar-refractivity contribution in [3.05, 3.63) is 23.8 Å². The average molecular weight is 566 g/mol. The number of hydrogen-bond donors (Lipinski definition) is 1. The smallest absolute Gasteiger partial charge is 0.458 e. The van der Waals surface area contributed by atoms with Crippen molar-refractivity contribution < 1.29 is 42.9 Å². The van der Waals surface area contributed by atoms with Gasteiger partial charge in [0.1, 0.15) is 24.9 Å². The average Bonchev–Trinajstić information content (AvgIpc) is 2.87. The van der Waals surface area contributed by atoms with Crippen molar-refractivity contribution in [2.45, 2.75) is 99.8 Å². The molecule has 0 saturated carbocycles. The summed E-state index contributed by atoms with van der Waals surface area (Å²) in [7, 11) is 0. The van der Waals surface area contributed by atoms with Crippen LogP contribution in [0.3, 0.4) is 0 Å². The van der Waals surface area contributed by atoms with Crippen LogP contribution in [0, 0.1) is 23.7 Å². The highest BCUT2D eigenvalue weighted by Gasteiger charge is 2.25. The van der Waals surface area contributed by atoms with E-state index in [9.17, 15) is 19.2 Å². The summed E-state index contributed by atoms with van der Waals surface area (Å²) >= 11 is 0. The molecule has 2 N–H and O–H groups in total. The van der Waals surface area contributed by atoms with Crippen molar-refractivity contribution >= 4 is 24.1 Å². The van der Waals surface area contributed by atoms with Crippen LogP contribution in [0.25, 0.3) is 0 Å². The van der Waals surface area contributed by atoms with Gasteiger partial charge >= 0.3 is 24.1 Å². The van der Waals surface area contributed by atoms with Crippen LogP contribution in [0.4, 0.5) is 4.79 Å². The molecule has 0 radical (unpaired) electrons. The van der Waals surface area contributed by atoms with Crippen LogP contribution in [0.2, 0.25) is 0 Å². The molecule has 0 saturated heterocycles. The van der Waals surface area contributed by atoms with Gasteiger partial charge in [-0.05, 0) is 56.2 Å². The second kappa shape index (κ2) is 16.8. The normalized spacial score (nSPS) is 15.0. The van der Waals surface area contributed by atoms with Gasteiger partial charge < -0.3 is 29.4 Å². The molecule has 226 valence electrons. The Balaban J connectivity index is 2.91. The quantitative estimate of drug-likeness (QED) is 0.222. The van der Waals surface area contributed by atoms with Crippen molar-refractivity contribution in [1.29, 1.82) is 0 Å². The second-order valence-electron chi connectivity index (χ2n) is 11.0. The minimum atomic E-state index is -1.05. The molecule has 0 aliphatic carbocycles. The fourth-order valence-corrected chi connectivity index (χ4v) is 3.30. The van der Waals surface area contributed by atoms with Gasteiger partial charge in [-0.25, -0.2) is 4.79 Å². The standard InChI is InChI=1S/C30H47NO9/c1-10-11-19(6)38-30(35)36-16-20(7)37-29(34)24(31)14-23-12-13-25(39-27(32)21(8)17(2)3)26(15-23)40-28(33)22(9)18(4)5/h12-13,15,17-22,24H,10-11,14,16,31H2,1-9H3/t19?,20-,21?,22?,24-/m0/s1. The third-order valence-electron chi connectivity index (χ3n) is 6.68. The summed E-state index contributed by atoms with van der Waals surface area (Å²) in [4.78, 5) is 49.6. The van der Waals surface area contributed by atoms with Crippen LogP contribution in [-0.4, -0.2) is 48.9 Å². The van der Waals surface area contributed by atoms with Crippen molar-refractivity contribution in [3.63, 3.8) is 0 Å². The van der Waals surface area contributed by atoms with Crippen molar-refractivity contribution in [3.8, 4) is 11.5 Å². The predicted molar refractivity (Wildman–Crippen MR) is 150 cm³/mol. The van der Waals surface area contributed by atoms with Gasteiger partial charge in [0.2, 0.25) is 0 Å². The van der Waals surface area contributed by atoms with Crippen molar-refractivity contribution in [1.82, 2.24) is 0 Å². The van der Waals surface area contributed by atoms with E-state index >= 15 is 0 Å². The Labute approximate surface area is 238 Å². The number of esters is 3. The molecule has 0 aliphatic rings. The summed E-state index contributed by atoms with van der Waals surface area (Å²) in [6.45, 7) is 16.3. The first-order valence-corrected chi connectivity index (χ1v) is 14.0. The topological polar surface area (TPSA) is 140 Å². The summed E-state index contributed by atoms with van der Waals surface area (Å²) in [5, 5.41) is 0. The first kappa shape index (κ1) is 34.9. The Kier molecular flexibility index (Phi) is 14.7. The van der Waals surface area contributed by atoms with E-state index in [1.54, 1.807) is 33.8 Å². The Hall–Kier alpha value is -3.14. The number of rotatable bonds is 15. The highest BCUT2D eigenvalue weighted by molar-refractivity contribution is 5.79. The highest BCUT2D eigenvalue weighted by atomic mass is 16.7. The van der Waals surface area contributed by atoms with Gasteiger partial charge in [-0.3, -0.25) is 14.4 Å². The summed E-state index contributed by atoms with van der Waals surface area (Å²) < 4.78 is 26.6. The lowest BCUT2D eigenvalue weighted by Crippen LogP contribution is -2.37. The number of carbonyl (C=O) groups is 4. The van der Waals surface area contributed by atoms with Gasteiger partial charge in [-0.1, -0.05) is 61.0 Å². The molecule has 40 heavy (non-hydrogen) atoms. The van der Waals surface area contributed by atoms with Crippen LogP contribution in [0.15, 0.2) is 18.2 Å². The first-order chi connectivity index (χ1) is 18.7.